The summed E-state index contributed by atoms with van der Waals surface area (Å²) >= 11 is 0. The predicted molar refractivity (Wildman–Crippen MR) is 131 cm³/mol. The average molecular weight is 470 g/mol. The van der Waals surface area contributed by atoms with Gasteiger partial charge in [0.15, 0.2) is 6.61 Å². The van der Waals surface area contributed by atoms with Crippen LogP contribution in [-0.2, 0) is 4.79 Å². The molecular weight excluding hydrogens is 448 g/mol. The molecule has 1 aliphatic heterocycles. The highest BCUT2D eigenvalue weighted by Gasteiger charge is 2.26. The van der Waals surface area contributed by atoms with Crippen LogP contribution in [0.2, 0.25) is 0 Å². The van der Waals surface area contributed by atoms with Crippen molar-refractivity contribution in [2.24, 2.45) is 0 Å². The molecule has 1 aromatic heterocycles. The van der Waals surface area contributed by atoms with Crippen LogP contribution in [0.25, 0.3) is 11.0 Å². The maximum Gasteiger partial charge on any atom is 0.349 e. The Hall–Kier alpha value is -4.59. The van der Waals surface area contributed by atoms with E-state index in [9.17, 15) is 14.4 Å². The molecule has 0 atom stereocenters. The lowest BCUT2D eigenvalue weighted by atomic mass is 10.1. The van der Waals surface area contributed by atoms with E-state index in [4.69, 9.17) is 13.9 Å². The molecular formula is C27H22N2O6. The first-order chi connectivity index (χ1) is 17.1. The molecule has 35 heavy (non-hydrogen) atoms. The molecule has 4 aromatic rings. The molecule has 1 aliphatic rings. The van der Waals surface area contributed by atoms with E-state index in [1.165, 1.54) is 6.07 Å². The topological polar surface area (TPSA) is 98.1 Å². The van der Waals surface area contributed by atoms with Crippen molar-refractivity contribution in [3.05, 3.63) is 94.8 Å². The van der Waals surface area contributed by atoms with Gasteiger partial charge < -0.3 is 24.1 Å². The third-order valence-corrected chi connectivity index (χ3v) is 5.58. The maximum absolute atomic E-state index is 12.8. The third-order valence-electron chi connectivity index (χ3n) is 5.58. The number of carbonyl (C=O) groups excluding carboxylic acids is 2. The Morgan fingerprint density at radius 1 is 0.971 bits per heavy atom. The van der Waals surface area contributed by atoms with Crippen LogP contribution < -0.4 is 25.3 Å². The van der Waals surface area contributed by atoms with Gasteiger partial charge in [0.25, 0.3) is 11.8 Å². The number of nitrogens with one attached hydrogen (secondary N) is 1. The van der Waals surface area contributed by atoms with Crippen LogP contribution in [-0.4, -0.2) is 31.6 Å². The van der Waals surface area contributed by atoms with E-state index in [-0.39, 0.29) is 18.1 Å². The van der Waals surface area contributed by atoms with Gasteiger partial charge in [-0.25, -0.2) is 4.79 Å². The molecule has 5 rings (SSSR count). The van der Waals surface area contributed by atoms with Crippen LogP contribution in [0.5, 0.6) is 11.5 Å². The highest BCUT2D eigenvalue weighted by atomic mass is 16.5. The highest BCUT2D eigenvalue weighted by molar-refractivity contribution is 6.06. The normalized spacial score (nSPS) is 12.7. The number of fused-ring (bicyclic) bond motifs is 2. The lowest BCUT2D eigenvalue weighted by Crippen LogP contribution is -2.39. The zero-order valence-electron chi connectivity index (χ0n) is 18.7. The van der Waals surface area contributed by atoms with Crippen LogP contribution in [0.15, 0.2) is 88.1 Å². The molecule has 1 N–H and O–H groups in total. The Kier molecular flexibility index (Phi) is 6.17. The minimum atomic E-state index is -0.718. The molecule has 2 amide bonds. The largest absolute Gasteiger partial charge is 0.494 e. The van der Waals surface area contributed by atoms with E-state index in [1.807, 2.05) is 30.3 Å². The fourth-order valence-corrected chi connectivity index (χ4v) is 3.88. The predicted octanol–water partition coefficient (Wildman–Crippen LogP) is 4.24. The monoisotopic (exact) mass is 470 g/mol. The summed E-state index contributed by atoms with van der Waals surface area (Å²) in [6.45, 7) is 0.830. The molecule has 2 heterocycles. The number of hydrogen-bond donors (Lipinski definition) is 1. The first-order valence-electron chi connectivity index (χ1n) is 11.2. The van der Waals surface area contributed by atoms with Crippen LogP contribution >= 0.6 is 0 Å². The molecule has 0 radical (unpaired) electrons. The van der Waals surface area contributed by atoms with Gasteiger partial charge in [-0.15, -0.1) is 0 Å². The SMILES string of the molecule is O=C(Nc1ccc2c(c1)OCC(=O)N2CCCOc1ccccc1)c1cc2ccccc2oc1=O. The Morgan fingerprint density at radius 3 is 2.63 bits per heavy atom. The van der Waals surface area contributed by atoms with Gasteiger partial charge in [0.2, 0.25) is 0 Å². The minimum Gasteiger partial charge on any atom is -0.494 e. The molecule has 0 saturated carbocycles. The molecule has 3 aromatic carbocycles. The van der Waals surface area contributed by atoms with Gasteiger partial charge in [0.05, 0.1) is 12.3 Å². The molecule has 0 bridgehead atoms. The van der Waals surface area contributed by atoms with Crippen LogP contribution in [0.3, 0.4) is 0 Å². The molecule has 8 nitrogen and oxygen atoms in total. The van der Waals surface area contributed by atoms with Gasteiger partial charge in [-0.05, 0) is 42.8 Å². The van der Waals surface area contributed by atoms with Gasteiger partial charge >= 0.3 is 5.63 Å². The van der Waals surface area contributed by atoms with E-state index in [0.29, 0.717) is 47.7 Å². The molecule has 8 heteroatoms. The number of para-hydroxylation sites is 2. The van der Waals surface area contributed by atoms with Crippen molar-refractivity contribution in [1.82, 2.24) is 0 Å². The number of rotatable bonds is 7. The molecule has 176 valence electrons. The summed E-state index contributed by atoms with van der Waals surface area (Å²) in [5.41, 5.74) is 0.643. The number of hydrogen-bond acceptors (Lipinski definition) is 6. The van der Waals surface area contributed by atoms with Crippen molar-refractivity contribution >= 4 is 34.2 Å². The summed E-state index contributed by atoms with van der Waals surface area (Å²) in [4.78, 5) is 39.2. The summed E-state index contributed by atoms with van der Waals surface area (Å²) in [5, 5.41) is 3.36. The standard InChI is InChI=1S/C27H22N2O6/c30-25-17-34-24-16-19(28-26(31)21-15-18-7-4-5-10-23(18)35-27(21)32)11-12-22(24)29(25)13-6-14-33-20-8-2-1-3-9-20/h1-5,7-12,15-16H,6,13-14,17H2,(H,28,31). The quantitative estimate of drug-likeness (QED) is 0.321. The van der Waals surface area contributed by atoms with Crippen molar-refractivity contribution in [2.75, 3.05) is 30.0 Å². The number of carbonyl (C=O) groups is 2. The fourth-order valence-electron chi connectivity index (χ4n) is 3.88. The molecule has 0 fully saturated rings. The van der Waals surface area contributed by atoms with E-state index in [0.717, 1.165) is 5.75 Å². The van der Waals surface area contributed by atoms with E-state index in [2.05, 4.69) is 5.32 Å². The summed E-state index contributed by atoms with van der Waals surface area (Å²) in [7, 11) is 0. The maximum atomic E-state index is 12.8. The number of benzene rings is 3. The van der Waals surface area contributed by atoms with Crippen molar-refractivity contribution in [3.8, 4) is 11.5 Å². The van der Waals surface area contributed by atoms with Crippen molar-refractivity contribution < 1.29 is 23.5 Å². The molecule has 0 aliphatic carbocycles. The number of nitrogens with zero attached hydrogens (tertiary/aromatic N) is 1. The van der Waals surface area contributed by atoms with Crippen LogP contribution in [0.4, 0.5) is 11.4 Å². The molecule has 0 saturated heterocycles. The summed E-state index contributed by atoms with van der Waals surface area (Å²) in [6, 6.07) is 23.0. The second kappa shape index (κ2) is 9.72. The Labute approximate surface area is 200 Å². The van der Waals surface area contributed by atoms with E-state index in [1.54, 1.807) is 47.4 Å². The first kappa shape index (κ1) is 22.2. The van der Waals surface area contributed by atoms with E-state index < -0.39 is 11.5 Å². The van der Waals surface area contributed by atoms with Crippen LogP contribution in [0, 0.1) is 0 Å². The fraction of sp³-hybridized carbons (Fsp3) is 0.148. The summed E-state index contributed by atoms with van der Waals surface area (Å²) in [5.74, 6) is 0.507. The summed E-state index contributed by atoms with van der Waals surface area (Å²) in [6.07, 6.45) is 0.635. The average Bonchev–Trinajstić information content (AvgIpc) is 2.87. The van der Waals surface area contributed by atoms with Crippen molar-refractivity contribution in [3.63, 3.8) is 0 Å². The second-order valence-electron chi connectivity index (χ2n) is 7.97. The zero-order valence-corrected chi connectivity index (χ0v) is 18.7. The number of ether oxygens (including phenoxy) is 2. The zero-order chi connectivity index (χ0) is 24.2. The van der Waals surface area contributed by atoms with Gasteiger partial charge in [-0.1, -0.05) is 36.4 Å². The Balaban J connectivity index is 1.27. The lowest BCUT2D eigenvalue weighted by Gasteiger charge is -2.29. The van der Waals surface area contributed by atoms with Crippen molar-refractivity contribution in [1.29, 1.82) is 0 Å². The lowest BCUT2D eigenvalue weighted by molar-refractivity contribution is -0.121. The second-order valence-corrected chi connectivity index (χ2v) is 7.97. The Morgan fingerprint density at radius 2 is 1.77 bits per heavy atom. The third kappa shape index (κ3) is 4.86. The Bertz CT molecular complexity index is 1450. The van der Waals surface area contributed by atoms with Gasteiger partial charge in [0, 0.05) is 23.7 Å². The van der Waals surface area contributed by atoms with Gasteiger partial charge in [0.1, 0.15) is 22.6 Å². The highest BCUT2D eigenvalue weighted by Crippen LogP contribution is 2.34. The van der Waals surface area contributed by atoms with Gasteiger partial charge in [-0.2, -0.15) is 0 Å². The molecule has 0 unspecified atom stereocenters. The van der Waals surface area contributed by atoms with Crippen LogP contribution in [0.1, 0.15) is 16.8 Å². The van der Waals surface area contributed by atoms with Crippen molar-refractivity contribution in [2.45, 2.75) is 6.42 Å². The number of anilines is 2. The minimum absolute atomic E-state index is 0.0990. The number of amides is 2. The van der Waals surface area contributed by atoms with E-state index >= 15 is 0 Å². The van der Waals surface area contributed by atoms with Gasteiger partial charge in [-0.3, -0.25) is 9.59 Å². The summed E-state index contributed by atoms with van der Waals surface area (Å²) < 4.78 is 16.6. The first-order valence-corrected chi connectivity index (χ1v) is 11.2. The molecule has 0 spiro atoms. The smallest absolute Gasteiger partial charge is 0.349 e.